The maximum Gasteiger partial charge on any atom is 0.247 e. The topological polar surface area (TPSA) is 40.6 Å². The Hall–Kier alpha value is -2.33. The molecule has 1 fully saturated rings. The Bertz CT molecular complexity index is 776. The highest BCUT2D eigenvalue weighted by Crippen LogP contribution is 2.35. The lowest BCUT2D eigenvalue weighted by Crippen LogP contribution is -2.40. The van der Waals surface area contributed by atoms with Crippen molar-refractivity contribution in [2.45, 2.75) is 38.4 Å². The largest absolute Gasteiger partial charge is 0.319 e. The molecule has 0 N–H and O–H groups in total. The van der Waals surface area contributed by atoms with Crippen molar-refractivity contribution in [2.24, 2.45) is 0 Å². The van der Waals surface area contributed by atoms with Crippen molar-refractivity contribution in [2.75, 3.05) is 7.05 Å². The fourth-order valence-electron chi connectivity index (χ4n) is 3.53. The van der Waals surface area contributed by atoms with Gasteiger partial charge in [0, 0.05) is 24.9 Å². The lowest BCUT2D eigenvalue weighted by molar-refractivity contribution is -0.136. The molecule has 26 heavy (non-hydrogen) atoms. The summed E-state index contributed by atoms with van der Waals surface area (Å²) >= 11 is 6.01. The second kappa shape index (κ2) is 7.92. The number of hydrogen-bond acceptors (Lipinski definition) is 2. The third kappa shape index (κ3) is 3.61. The molecule has 0 spiro atoms. The van der Waals surface area contributed by atoms with Gasteiger partial charge in [0.05, 0.1) is 0 Å². The van der Waals surface area contributed by atoms with Crippen LogP contribution in [-0.2, 0) is 16.0 Å². The van der Waals surface area contributed by atoms with Gasteiger partial charge in [-0.05, 0) is 29.7 Å². The normalized spacial score (nSPS) is 19.9. The van der Waals surface area contributed by atoms with Crippen LogP contribution in [0, 0.1) is 0 Å². The van der Waals surface area contributed by atoms with Gasteiger partial charge in [-0.15, -0.1) is 0 Å². The van der Waals surface area contributed by atoms with Gasteiger partial charge >= 0.3 is 0 Å². The molecule has 2 unspecified atom stereocenters. The zero-order valence-corrected chi connectivity index (χ0v) is 15.8. The molecule has 0 saturated carbocycles. The average molecular weight is 371 g/mol. The standard InChI is InChI=1S/C21H23ClN2O2/c1-3-7-19(25)24-18(14-15-8-5-4-6-9-15)21(26)23(2)20(24)16-10-12-17(22)13-11-16/h4-6,8-13,18,20H,3,7,14H2,1-2H3. The first kappa shape index (κ1) is 18.5. The summed E-state index contributed by atoms with van der Waals surface area (Å²) in [5, 5.41) is 0.632. The third-order valence-corrected chi connectivity index (χ3v) is 5.04. The van der Waals surface area contributed by atoms with Crippen molar-refractivity contribution in [1.82, 2.24) is 9.80 Å². The molecule has 4 nitrogen and oxygen atoms in total. The molecule has 2 amide bonds. The number of carbonyl (C=O) groups is 2. The van der Waals surface area contributed by atoms with Gasteiger partial charge in [0.1, 0.15) is 12.2 Å². The molecular formula is C21H23ClN2O2. The van der Waals surface area contributed by atoms with Crippen LogP contribution in [0.3, 0.4) is 0 Å². The van der Waals surface area contributed by atoms with Crippen molar-refractivity contribution >= 4 is 23.4 Å². The highest BCUT2D eigenvalue weighted by molar-refractivity contribution is 6.30. The van der Waals surface area contributed by atoms with Crippen molar-refractivity contribution < 1.29 is 9.59 Å². The van der Waals surface area contributed by atoms with Crippen molar-refractivity contribution in [1.29, 1.82) is 0 Å². The summed E-state index contributed by atoms with van der Waals surface area (Å²) in [6, 6.07) is 16.7. The van der Waals surface area contributed by atoms with Gasteiger partial charge < -0.3 is 9.80 Å². The molecular weight excluding hydrogens is 348 g/mol. The van der Waals surface area contributed by atoms with Crippen LogP contribution < -0.4 is 0 Å². The molecule has 1 aliphatic heterocycles. The van der Waals surface area contributed by atoms with E-state index in [0.29, 0.717) is 17.9 Å². The van der Waals surface area contributed by atoms with Crippen LogP contribution in [-0.4, -0.2) is 34.7 Å². The van der Waals surface area contributed by atoms with Gasteiger partial charge in [-0.25, -0.2) is 0 Å². The Morgan fingerprint density at radius 3 is 2.35 bits per heavy atom. The minimum absolute atomic E-state index is 0.00563. The van der Waals surface area contributed by atoms with E-state index in [1.54, 1.807) is 29.0 Å². The van der Waals surface area contributed by atoms with Crippen LogP contribution in [0.5, 0.6) is 0 Å². The summed E-state index contributed by atoms with van der Waals surface area (Å²) in [5.41, 5.74) is 1.94. The quantitative estimate of drug-likeness (QED) is 0.796. The molecule has 0 bridgehead atoms. The molecule has 1 heterocycles. The first-order valence-corrected chi connectivity index (χ1v) is 9.28. The molecule has 136 valence electrons. The fourth-order valence-corrected chi connectivity index (χ4v) is 3.65. The summed E-state index contributed by atoms with van der Waals surface area (Å²) in [6.07, 6.45) is 1.30. The SMILES string of the molecule is CCCC(=O)N1C(Cc2ccccc2)C(=O)N(C)C1c1ccc(Cl)cc1. The fraction of sp³-hybridized carbons (Fsp3) is 0.333. The summed E-state index contributed by atoms with van der Waals surface area (Å²) in [5.74, 6) is -0.0238. The predicted octanol–water partition coefficient (Wildman–Crippen LogP) is 4.05. The van der Waals surface area contributed by atoms with Crippen molar-refractivity contribution in [3.63, 3.8) is 0 Å². The summed E-state index contributed by atoms with van der Waals surface area (Å²) in [4.78, 5) is 29.3. The summed E-state index contributed by atoms with van der Waals surface area (Å²) in [7, 11) is 1.76. The van der Waals surface area contributed by atoms with E-state index in [9.17, 15) is 9.59 Å². The van der Waals surface area contributed by atoms with E-state index in [1.165, 1.54) is 0 Å². The number of benzene rings is 2. The molecule has 0 radical (unpaired) electrons. The van der Waals surface area contributed by atoms with Gasteiger partial charge in [-0.1, -0.05) is 61.0 Å². The van der Waals surface area contributed by atoms with E-state index in [4.69, 9.17) is 11.6 Å². The van der Waals surface area contributed by atoms with E-state index in [1.807, 2.05) is 49.4 Å². The number of nitrogens with zero attached hydrogens (tertiary/aromatic N) is 2. The Morgan fingerprint density at radius 1 is 1.08 bits per heavy atom. The Labute approximate surface area is 159 Å². The molecule has 2 atom stereocenters. The number of halogens is 1. The minimum Gasteiger partial charge on any atom is -0.319 e. The molecule has 2 aromatic carbocycles. The Morgan fingerprint density at radius 2 is 1.73 bits per heavy atom. The summed E-state index contributed by atoms with van der Waals surface area (Å²) < 4.78 is 0. The minimum atomic E-state index is -0.484. The zero-order chi connectivity index (χ0) is 18.7. The van der Waals surface area contributed by atoms with Crippen LogP contribution in [0.4, 0.5) is 0 Å². The molecule has 1 saturated heterocycles. The predicted molar refractivity (Wildman–Crippen MR) is 103 cm³/mol. The van der Waals surface area contributed by atoms with Gasteiger partial charge in [0.2, 0.25) is 11.8 Å². The number of amides is 2. The maximum absolute atomic E-state index is 13.0. The number of hydrogen-bond donors (Lipinski definition) is 0. The first-order chi connectivity index (χ1) is 12.5. The smallest absolute Gasteiger partial charge is 0.247 e. The number of carbonyl (C=O) groups excluding carboxylic acids is 2. The van der Waals surface area contributed by atoms with Crippen molar-refractivity contribution in [3.05, 3.63) is 70.7 Å². The van der Waals surface area contributed by atoms with Gasteiger partial charge in [-0.2, -0.15) is 0 Å². The van der Waals surface area contributed by atoms with E-state index in [0.717, 1.165) is 17.5 Å². The van der Waals surface area contributed by atoms with Crippen LogP contribution in [0.15, 0.2) is 54.6 Å². The molecule has 1 aliphatic rings. The third-order valence-electron chi connectivity index (χ3n) is 4.79. The van der Waals surface area contributed by atoms with E-state index in [2.05, 4.69) is 0 Å². The maximum atomic E-state index is 13.0. The zero-order valence-electron chi connectivity index (χ0n) is 15.1. The Kier molecular flexibility index (Phi) is 5.62. The molecule has 0 aliphatic carbocycles. The van der Waals surface area contributed by atoms with Crippen LogP contribution in [0.2, 0.25) is 5.02 Å². The molecule has 2 aromatic rings. The molecule has 0 aromatic heterocycles. The number of likely N-dealkylation sites (N-methyl/N-ethyl adjacent to an activating group) is 1. The van der Waals surface area contributed by atoms with Crippen molar-refractivity contribution in [3.8, 4) is 0 Å². The highest BCUT2D eigenvalue weighted by atomic mass is 35.5. The van der Waals surface area contributed by atoms with E-state index < -0.39 is 12.2 Å². The van der Waals surface area contributed by atoms with Gasteiger partial charge in [-0.3, -0.25) is 9.59 Å². The second-order valence-corrected chi connectivity index (χ2v) is 7.07. The lowest BCUT2D eigenvalue weighted by atomic mass is 10.0. The summed E-state index contributed by atoms with van der Waals surface area (Å²) in [6.45, 7) is 1.98. The van der Waals surface area contributed by atoms with E-state index in [-0.39, 0.29) is 11.8 Å². The highest BCUT2D eigenvalue weighted by Gasteiger charge is 2.46. The first-order valence-electron chi connectivity index (χ1n) is 8.90. The number of rotatable bonds is 5. The van der Waals surface area contributed by atoms with Crippen LogP contribution in [0.1, 0.15) is 37.1 Å². The molecule has 5 heteroatoms. The van der Waals surface area contributed by atoms with Gasteiger partial charge in [0.25, 0.3) is 0 Å². The molecule has 3 rings (SSSR count). The Balaban J connectivity index is 1.98. The van der Waals surface area contributed by atoms with Gasteiger partial charge in [0.15, 0.2) is 0 Å². The lowest BCUT2D eigenvalue weighted by Gasteiger charge is -2.30. The van der Waals surface area contributed by atoms with E-state index >= 15 is 0 Å². The average Bonchev–Trinajstić information content (AvgIpc) is 2.89. The van der Waals surface area contributed by atoms with Crippen LogP contribution >= 0.6 is 11.6 Å². The monoisotopic (exact) mass is 370 g/mol. The second-order valence-electron chi connectivity index (χ2n) is 6.63. The van der Waals surface area contributed by atoms with Crippen LogP contribution in [0.25, 0.3) is 0 Å².